The first-order chi connectivity index (χ1) is 14.8. The fourth-order valence-corrected chi connectivity index (χ4v) is 5.69. The first kappa shape index (κ1) is 18.5. The number of aromatic nitrogens is 5. The summed E-state index contributed by atoms with van der Waals surface area (Å²) in [5.74, 6) is 0.492. The number of hydrogen-bond donors (Lipinski definition) is 2. The molecule has 4 aromatic rings. The van der Waals surface area contributed by atoms with Crippen molar-refractivity contribution in [1.29, 1.82) is 0 Å². The molecule has 0 unspecified atom stereocenters. The standard InChI is InChI=1S/C23H24N6O2/c1-13-18-14(11-28(2)27-18)9-15(19(13)30)20-25-10-16-17(26-20)3-8-29(21(16)31)23-6-4-22(24,12-23)5-7-23/h3,8-11,30H,4-7,12,24H2,1-2H3. The number of fused-ring (bicyclic) bond motifs is 4. The van der Waals surface area contributed by atoms with E-state index in [1.54, 1.807) is 10.9 Å². The highest BCUT2D eigenvalue weighted by atomic mass is 16.3. The second kappa shape index (κ2) is 5.91. The van der Waals surface area contributed by atoms with Crippen LogP contribution >= 0.6 is 0 Å². The first-order valence-electron chi connectivity index (χ1n) is 10.6. The van der Waals surface area contributed by atoms with Gasteiger partial charge in [-0.3, -0.25) is 9.48 Å². The summed E-state index contributed by atoms with van der Waals surface area (Å²) in [6.45, 7) is 1.83. The van der Waals surface area contributed by atoms with Crippen molar-refractivity contribution >= 4 is 21.8 Å². The fraction of sp³-hybridized carbons (Fsp3) is 0.391. The second-order valence-corrected chi connectivity index (χ2v) is 9.39. The third-order valence-electron chi connectivity index (χ3n) is 7.38. The number of pyridine rings is 1. The van der Waals surface area contributed by atoms with Crippen LogP contribution in [-0.4, -0.2) is 35.0 Å². The van der Waals surface area contributed by atoms with Gasteiger partial charge in [-0.2, -0.15) is 5.10 Å². The molecule has 0 amide bonds. The molecular formula is C23H24N6O2. The quantitative estimate of drug-likeness (QED) is 0.520. The molecule has 0 saturated heterocycles. The molecule has 158 valence electrons. The monoisotopic (exact) mass is 416 g/mol. The van der Waals surface area contributed by atoms with E-state index in [1.165, 1.54) is 0 Å². The summed E-state index contributed by atoms with van der Waals surface area (Å²) in [5.41, 5.74) is 8.61. The van der Waals surface area contributed by atoms with E-state index in [0.717, 1.165) is 43.0 Å². The van der Waals surface area contributed by atoms with Gasteiger partial charge in [0.05, 0.1) is 22.0 Å². The Hall–Kier alpha value is -3.26. The number of aromatic hydroxyl groups is 1. The Balaban J connectivity index is 1.49. The van der Waals surface area contributed by atoms with Crippen LogP contribution < -0.4 is 11.3 Å². The van der Waals surface area contributed by atoms with Gasteiger partial charge in [0.1, 0.15) is 5.75 Å². The van der Waals surface area contributed by atoms with Gasteiger partial charge in [-0.1, -0.05) is 0 Å². The molecule has 6 rings (SSSR count). The topological polar surface area (TPSA) is 112 Å². The van der Waals surface area contributed by atoms with Crippen LogP contribution in [0.5, 0.6) is 5.75 Å². The summed E-state index contributed by atoms with van der Waals surface area (Å²) in [6, 6.07) is 3.71. The Morgan fingerprint density at radius 3 is 2.71 bits per heavy atom. The van der Waals surface area contributed by atoms with Crippen LogP contribution in [0.4, 0.5) is 0 Å². The third-order valence-corrected chi connectivity index (χ3v) is 7.38. The van der Waals surface area contributed by atoms with Crippen LogP contribution in [-0.2, 0) is 12.6 Å². The molecule has 3 heterocycles. The molecule has 0 radical (unpaired) electrons. The fourth-order valence-electron chi connectivity index (χ4n) is 5.69. The minimum absolute atomic E-state index is 0.0710. The summed E-state index contributed by atoms with van der Waals surface area (Å²) in [7, 11) is 1.84. The van der Waals surface area contributed by atoms with Gasteiger partial charge in [0.25, 0.3) is 5.56 Å². The third kappa shape index (κ3) is 2.51. The summed E-state index contributed by atoms with van der Waals surface area (Å²) >= 11 is 0. The van der Waals surface area contributed by atoms with Crippen LogP contribution in [0, 0.1) is 6.92 Å². The van der Waals surface area contributed by atoms with Crippen LogP contribution in [0.2, 0.25) is 0 Å². The number of phenolic OH excluding ortho intramolecular Hbond substituents is 1. The van der Waals surface area contributed by atoms with Crippen molar-refractivity contribution in [3.8, 4) is 17.1 Å². The van der Waals surface area contributed by atoms with Gasteiger partial charge in [0, 0.05) is 47.7 Å². The molecule has 0 spiro atoms. The van der Waals surface area contributed by atoms with E-state index >= 15 is 0 Å². The van der Waals surface area contributed by atoms with Crippen molar-refractivity contribution < 1.29 is 5.11 Å². The van der Waals surface area contributed by atoms with Crippen molar-refractivity contribution in [3.63, 3.8) is 0 Å². The lowest BCUT2D eigenvalue weighted by atomic mass is 9.91. The van der Waals surface area contributed by atoms with E-state index < -0.39 is 0 Å². The van der Waals surface area contributed by atoms with E-state index in [4.69, 9.17) is 5.73 Å². The predicted octanol–water partition coefficient (Wildman–Crippen LogP) is 2.73. The Labute approximate surface area is 178 Å². The lowest BCUT2D eigenvalue weighted by Crippen LogP contribution is -2.37. The SMILES string of the molecule is Cc1c(O)c(-c2ncc3c(=O)n(C45CCC(N)(CC4)C5)ccc3n2)cc2cn(C)nc12. The van der Waals surface area contributed by atoms with E-state index in [-0.39, 0.29) is 22.4 Å². The second-order valence-electron chi connectivity index (χ2n) is 9.39. The average molecular weight is 416 g/mol. The molecule has 8 nitrogen and oxygen atoms in total. The van der Waals surface area contributed by atoms with Crippen LogP contribution in [0.3, 0.4) is 0 Å². The van der Waals surface area contributed by atoms with Gasteiger partial charge in [-0.25, -0.2) is 9.97 Å². The highest BCUT2D eigenvalue weighted by molar-refractivity contribution is 5.90. The number of hydrogen-bond acceptors (Lipinski definition) is 6. The molecule has 0 atom stereocenters. The number of aryl methyl sites for hydroxylation is 2. The van der Waals surface area contributed by atoms with Crippen LogP contribution in [0.15, 0.2) is 35.5 Å². The molecule has 2 fully saturated rings. The first-order valence-corrected chi connectivity index (χ1v) is 10.6. The molecule has 2 aliphatic carbocycles. The summed E-state index contributed by atoms with van der Waals surface area (Å²) in [6.07, 6.45) is 9.97. The number of nitrogens with zero attached hydrogens (tertiary/aromatic N) is 5. The van der Waals surface area contributed by atoms with E-state index in [0.29, 0.717) is 27.9 Å². The lowest BCUT2D eigenvalue weighted by molar-refractivity contribution is 0.283. The normalized spacial score (nSPS) is 25.1. The number of phenols is 1. The van der Waals surface area contributed by atoms with Crippen molar-refractivity contribution in [2.45, 2.75) is 50.1 Å². The molecule has 2 bridgehead atoms. The van der Waals surface area contributed by atoms with E-state index in [1.807, 2.05) is 43.1 Å². The smallest absolute Gasteiger partial charge is 0.262 e. The Bertz CT molecular complexity index is 1440. The van der Waals surface area contributed by atoms with E-state index in [2.05, 4.69) is 15.1 Å². The maximum atomic E-state index is 13.3. The van der Waals surface area contributed by atoms with Gasteiger partial charge in [0.15, 0.2) is 5.82 Å². The molecule has 31 heavy (non-hydrogen) atoms. The van der Waals surface area contributed by atoms with Crippen LogP contribution in [0.25, 0.3) is 33.2 Å². The molecule has 3 aromatic heterocycles. The van der Waals surface area contributed by atoms with Gasteiger partial charge in [-0.15, -0.1) is 0 Å². The lowest BCUT2D eigenvalue weighted by Gasteiger charge is -2.29. The Morgan fingerprint density at radius 2 is 2.00 bits per heavy atom. The summed E-state index contributed by atoms with van der Waals surface area (Å²) in [5, 5.41) is 16.6. The zero-order chi connectivity index (χ0) is 21.5. The number of benzene rings is 1. The van der Waals surface area contributed by atoms with Gasteiger partial charge >= 0.3 is 0 Å². The van der Waals surface area contributed by atoms with Crippen molar-refractivity contribution in [2.75, 3.05) is 0 Å². The number of nitrogens with two attached hydrogens (primary N) is 1. The van der Waals surface area contributed by atoms with E-state index in [9.17, 15) is 9.90 Å². The highest BCUT2D eigenvalue weighted by Crippen LogP contribution is 2.53. The van der Waals surface area contributed by atoms with Crippen molar-refractivity contribution in [3.05, 3.63) is 46.6 Å². The molecule has 0 aliphatic heterocycles. The molecule has 2 saturated carbocycles. The van der Waals surface area contributed by atoms with Gasteiger partial charge < -0.3 is 15.4 Å². The highest BCUT2D eigenvalue weighted by Gasteiger charge is 2.53. The molecule has 1 aromatic carbocycles. The van der Waals surface area contributed by atoms with Crippen LogP contribution in [0.1, 0.15) is 37.7 Å². The van der Waals surface area contributed by atoms with Gasteiger partial charge in [0.2, 0.25) is 0 Å². The molecule has 3 N–H and O–H groups in total. The average Bonchev–Trinajstić information content (AvgIpc) is 3.41. The minimum atomic E-state index is -0.181. The number of rotatable bonds is 2. The molecule has 2 aliphatic rings. The maximum absolute atomic E-state index is 13.3. The molecular weight excluding hydrogens is 392 g/mol. The Kier molecular flexibility index (Phi) is 3.53. The summed E-state index contributed by atoms with van der Waals surface area (Å²) < 4.78 is 3.58. The molecule has 8 heteroatoms. The van der Waals surface area contributed by atoms with Crippen molar-refractivity contribution in [2.24, 2.45) is 12.8 Å². The Morgan fingerprint density at radius 1 is 1.23 bits per heavy atom. The zero-order valence-corrected chi connectivity index (χ0v) is 17.6. The van der Waals surface area contributed by atoms with Crippen molar-refractivity contribution in [1.82, 2.24) is 24.3 Å². The maximum Gasteiger partial charge on any atom is 0.262 e. The largest absolute Gasteiger partial charge is 0.507 e. The minimum Gasteiger partial charge on any atom is -0.507 e. The zero-order valence-electron chi connectivity index (χ0n) is 17.6. The van der Waals surface area contributed by atoms with Gasteiger partial charge in [-0.05, 0) is 51.2 Å². The summed E-state index contributed by atoms with van der Waals surface area (Å²) in [4.78, 5) is 22.4. The predicted molar refractivity (Wildman–Crippen MR) is 118 cm³/mol.